The number of carbonyl (C=O) groups is 2. The predicted octanol–water partition coefficient (Wildman–Crippen LogP) is 2.94. The number of amides is 2. The van der Waals surface area contributed by atoms with E-state index >= 15 is 0 Å². The summed E-state index contributed by atoms with van der Waals surface area (Å²) in [4.78, 5) is 23.7. The maximum atomic E-state index is 13.5. The van der Waals surface area contributed by atoms with Crippen LogP contribution >= 0.6 is 0 Å². The molecule has 6 nitrogen and oxygen atoms in total. The summed E-state index contributed by atoms with van der Waals surface area (Å²) in [7, 11) is 0. The number of ether oxygens (including phenoxy) is 2. The monoisotopic (exact) mass is 374 g/mol. The molecule has 0 aromatic heterocycles. The van der Waals surface area contributed by atoms with Crippen molar-refractivity contribution in [1.82, 2.24) is 10.9 Å². The molecule has 2 rings (SSSR count). The molecule has 0 heterocycles. The molecule has 0 saturated heterocycles. The highest BCUT2D eigenvalue weighted by Crippen LogP contribution is 2.18. The van der Waals surface area contributed by atoms with E-state index in [0.29, 0.717) is 11.7 Å². The van der Waals surface area contributed by atoms with Gasteiger partial charge < -0.3 is 9.47 Å². The highest BCUT2D eigenvalue weighted by molar-refractivity contribution is 5.85. The number of nitrogens with one attached hydrogen (secondary N) is 2. The first kappa shape index (κ1) is 20.2. The van der Waals surface area contributed by atoms with Gasteiger partial charge in [0.1, 0.15) is 5.75 Å². The van der Waals surface area contributed by atoms with Crippen molar-refractivity contribution in [1.29, 1.82) is 0 Å². The maximum Gasteiger partial charge on any atom is 0.279 e. The van der Waals surface area contributed by atoms with Crippen molar-refractivity contribution in [2.75, 3.05) is 6.61 Å². The third-order valence-corrected chi connectivity index (χ3v) is 3.75. The van der Waals surface area contributed by atoms with E-state index in [1.165, 1.54) is 30.7 Å². The molecule has 0 fully saturated rings. The molecule has 2 N–H and O–H groups in total. The van der Waals surface area contributed by atoms with Crippen LogP contribution in [0, 0.1) is 5.82 Å². The highest BCUT2D eigenvalue weighted by atomic mass is 19.1. The van der Waals surface area contributed by atoms with Crippen LogP contribution in [0.3, 0.4) is 0 Å². The van der Waals surface area contributed by atoms with E-state index in [-0.39, 0.29) is 12.4 Å². The quantitative estimate of drug-likeness (QED) is 0.731. The van der Waals surface area contributed by atoms with E-state index < -0.39 is 23.7 Å². The lowest BCUT2D eigenvalue weighted by Crippen LogP contribution is -2.48. The molecule has 1 unspecified atom stereocenters. The van der Waals surface area contributed by atoms with Crippen molar-refractivity contribution in [2.24, 2.45) is 0 Å². The lowest BCUT2D eigenvalue weighted by molar-refractivity contribution is -0.133. The summed E-state index contributed by atoms with van der Waals surface area (Å²) in [6.45, 7) is 5.36. The topological polar surface area (TPSA) is 76.7 Å². The molecule has 0 radical (unpaired) electrons. The predicted molar refractivity (Wildman–Crippen MR) is 98.8 cm³/mol. The molecule has 0 bridgehead atoms. The maximum absolute atomic E-state index is 13.5. The SMILES string of the molecule is CC(Oc1ccccc1F)C(=O)NNC(=O)COc1ccc(C(C)C)cc1. The van der Waals surface area contributed by atoms with Crippen molar-refractivity contribution in [3.63, 3.8) is 0 Å². The summed E-state index contributed by atoms with van der Waals surface area (Å²) in [6, 6.07) is 13.2. The standard InChI is InChI=1S/C20H23FN2O4/c1-13(2)15-8-10-16(11-9-15)26-12-19(24)22-23-20(25)14(3)27-18-7-5-4-6-17(18)21/h4-11,13-14H,12H2,1-3H3,(H,22,24)(H,23,25). The van der Waals surface area contributed by atoms with Gasteiger partial charge in [-0.3, -0.25) is 20.4 Å². The molecular weight excluding hydrogens is 351 g/mol. The van der Waals surface area contributed by atoms with Gasteiger partial charge in [-0.25, -0.2) is 4.39 Å². The average molecular weight is 374 g/mol. The zero-order chi connectivity index (χ0) is 19.8. The van der Waals surface area contributed by atoms with Crippen molar-refractivity contribution in [2.45, 2.75) is 32.8 Å². The number of para-hydroxylation sites is 1. The Kier molecular flexibility index (Phi) is 7.16. The molecule has 2 aromatic carbocycles. The third-order valence-electron chi connectivity index (χ3n) is 3.75. The molecular formula is C20H23FN2O4. The molecule has 1 atom stereocenters. The van der Waals surface area contributed by atoms with Gasteiger partial charge in [0.05, 0.1) is 0 Å². The van der Waals surface area contributed by atoms with Crippen molar-refractivity contribution in [3.8, 4) is 11.5 Å². The van der Waals surface area contributed by atoms with E-state index in [1.54, 1.807) is 18.2 Å². The number of halogens is 1. The van der Waals surface area contributed by atoms with E-state index in [0.717, 1.165) is 0 Å². The summed E-state index contributed by atoms with van der Waals surface area (Å²) < 4.78 is 24.1. The number of hydrazine groups is 1. The molecule has 0 aliphatic heterocycles. The lowest BCUT2D eigenvalue weighted by atomic mass is 10.0. The second kappa shape index (κ2) is 9.56. The normalized spacial score (nSPS) is 11.6. The van der Waals surface area contributed by atoms with Gasteiger partial charge in [-0.2, -0.15) is 0 Å². The van der Waals surface area contributed by atoms with E-state index in [4.69, 9.17) is 9.47 Å². The van der Waals surface area contributed by atoms with Crippen LogP contribution in [0.5, 0.6) is 11.5 Å². The van der Waals surface area contributed by atoms with Gasteiger partial charge in [-0.1, -0.05) is 38.1 Å². The van der Waals surface area contributed by atoms with Crippen molar-refractivity contribution in [3.05, 3.63) is 59.9 Å². The fraction of sp³-hybridized carbons (Fsp3) is 0.300. The largest absolute Gasteiger partial charge is 0.484 e. The van der Waals surface area contributed by atoms with Crippen molar-refractivity contribution < 1.29 is 23.5 Å². The van der Waals surface area contributed by atoms with Gasteiger partial charge in [0, 0.05) is 0 Å². The van der Waals surface area contributed by atoms with Crippen LogP contribution < -0.4 is 20.3 Å². The highest BCUT2D eigenvalue weighted by Gasteiger charge is 2.17. The van der Waals surface area contributed by atoms with E-state index in [2.05, 4.69) is 24.7 Å². The van der Waals surface area contributed by atoms with Crippen molar-refractivity contribution >= 4 is 11.8 Å². The zero-order valence-electron chi connectivity index (χ0n) is 15.5. The van der Waals surface area contributed by atoms with Crippen LogP contribution in [0.2, 0.25) is 0 Å². The van der Waals surface area contributed by atoms with Crippen LogP contribution in [0.25, 0.3) is 0 Å². The van der Waals surface area contributed by atoms with Gasteiger partial charge in [-0.15, -0.1) is 0 Å². The van der Waals surface area contributed by atoms with Gasteiger partial charge in [0.25, 0.3) is 11.8 Å². The molecule has 27 heavy (non-hydrogen) atoms. The first-order chi connectivity index (χ1) is 12.9. The Hall–Kier alpha value is -3.09. The summed E-state index contributed by atoms with van der Waals surface area (Å²) in [5.74, 6) is -0.803. The van der Waals surface area contributed by atoms with Gasteiger partial charge in [0.2, 0.25) is 0 Å². The third kappa shape index (κ3) is 6.29. The molecule has 144 valence electrons. The molecule has 2 amide bonds. The number of hydrogen-bond donors (Lipinski definition) is 2. The number of rotatable bonds is 7. The van der Waals surface area contributed by atoms with E-state index in [1.807, 2.05) is 12.1 Å². The van der Waals surface area contributed by atoms with Crippen LogP contribution in [-0.2, 0) is 9.59 Å². The Labute approximate surface area is 157 Å². The van der Waals surface area contributed by atoms with E-state index in [9.17, 15) is 14.0 Å². The molecule has 7 heteroatoms. The minimum absolute atomic E-state index is 0.0420. The Balaban J connectivity index is 1.74. The molecule has 2 aromatic rings. The lowest BCUT2D eigenvalue weighted by Gasteiger charge is -2.15. The van der Waals surface area contributed by atoms with Gasteiger partial charge in [-0.05, 0) is 42.7 Å². The summed E-state index contributed by atoms with van der Waals surface area (Å²) in [5.41, 5.74) is 5.61. The number of benzene rings is 2. The molecule has 0 saturated carbocycles. The zero-order valence-corrected chi connectivity index (χ0v) is 15.5. The summed E-state index contributed by atoms with van der Waals surface area (Å²) >= 11 is 0. The Morgan fingerprint density at radius 3 is 2.30 bits per heavy atom. The number of hydrogen-bond acceptors (Lipinski definition) is 4. The Morgan fingerprint density at radius 2 is 1.67 bits per heavy atom. The first-order valence-electron chi connectivity index (χ1n) is 8.59. The van der Waals surface area contributed by atoms with Gasteiger partial charge >= 0.3 is 0 Å². The molecule has 0 aliphatic rings. The molecule has 0 aliphatic carbocycles. The fourth-order valence-corrected chi connectivity index (χ4v) is 2.15. The minimum atomic E-state index is -0.994. The summed E-state index contributed by atoms with van der Waals surface area (Å²) in [5, 5.41) is 0. The first-order valence-corrected chi connectivity index (χ1v) is 8.59. The van der Waals surface area contributed by atoms with Crippen LogP contribution in [0.4, 0.5) is 4.39 Å². The van der Waals surface area contributed by atoms with Crippen LogP contribution in [0.1, 0.15) is 32.3 Å². The van der Waals surface area contributed by atoms with Gasteiger partial charge in [0.15, 0.2) is 24.3 Å². The second-order valence-electron chi connectivity index (χ2n) is 6.24. The summed E-state index contributed by atoms with van der Waals surface area (Å²) in [6.07, 6.45) is -0.994. The van der Waals surface area contributed by atoms with Crippen LogP contribution in [0.15, 0.2) is 48.5 Å². The van der Waals surface area contributed by atoms with Crippen LogP contribution in [-0.4, -0.2) is 24.5 Å². The minimum Gasteiger partial charge on any atom is -0.484 e. The smallest absolute Gasteiger partial charge is 0.279 e. The number of carbonyl (C=O) groups excluding carboxylic acids is 2. The Bertz CT molecular complexity index is 778. The Morgan fingerprint density at radius 1 is 1.00 bits per heavy atom. The molecule has 0 spiro atoms. The fourth-order valence-electron chi connectivity index (χ4n) is 2.15. The average Bonchev–Trinajstić information content (AvgIpc) is 2.66. The second-order valence-corrected chi connectivity index (χ2v) is 6.24.